The molecular formula is C14H22N2O3S. The summed E-state index contributed by atoms with van der Waals surface area (Å²) in [5, 5.41) is 0. The van der Waals surface area contributed by atoms with Crippen LogP contribution in [0.15, 0.2) is 23.1 Å². The van der Waals surface area contributed by atoms with Gasteiger partial charge in [0.25, 0.3) is 0 Å². The van der Waals surface area contributed by atoms with Crippen molar-refractivity contribution >= 4 is 15.7 Å². The molecule has 0 aliphatic heterocycles. The number of rotatable bonds is 7. The highest BCUT2D eigenvalue weighted by molar-refractivity contribution is 7.89. The number of benzene rings is 1. The molecule has 0 amide bonds. The van der Waals surface area contributed by atoms with E-state index in [4.69, 9.17) is 10.5 Å². The number of hydrogen-bond donors (Lipinski definition) is 2. The van der Waals surface area contributed by atoms with E-state index in [1.165, 1.54) is 0 Å². The molecule has 0 atom stereocenters. The summed E-state index contributed by atoms with van der Waals surface area (Å²) in [5.74, 6) is 0. The molecule has 1 saturated carbocycles. The Labute approximate surface area is 120 Å². The number of ether oxygens (including phenoxy) is 1. The average molecular weight is 298 g/mol. The van der Waals surface area contributed by atoms with Gasteiger partial charge in [0.05, 0.1) is 4.90 Å². The van der Waals surface area contributed by atoms with Crippen molar-refractivity contribution in [3.05, 3.63) is 23.8 Å². The van der Waals surface area contributed by atoms with Crippen molar-refractivity contribution in [1.82, 2.24) is 4.72 Å². The fourth-order valence-corrected chi connectivity index (χ4v) is 3.69. The summed E-state index contributed by atoms with van der Waals surface area (Å²) < 4.78 is 32.5. The maximum atomic E-state index is 12.3. The molecule has 3 N–H and O–H groups in total. The van der Waals surface area contributed by atoms with Crippen molar-refractivity contribution < 1.29 is 13.2 Å². The molecule has 20 heavy (non-hydrogen) atoms. The average Bonchev–Trinajstić information content (AvgIpc) is 3.14. The molecular weight excluding hydrogens is 276 g/mol. The molecule has 0 unspecified atom stereocenters. The lowest BCUT2D eigenvalue weighted by Crippen LogP contribution is -2.31. The normalized spacial score (nSPS) is 17.1. The van der Waals surface area contributed by atoms with Crippen LogP contribution in [-0.2, 0) is 14.8 Å². The highest BCUT2D eigenvalue weighted by Crippen LogP contribution is 2.48. The first-order valence-corrected chi connectivity index (χ1v) is 8.22. The molecule has 0 spiro atoms. The maximum Gasteiger partial charge on any atom is 0.240 e. The van der Waals surface area contributed by atoms with Gasteiger partial charge in [-0.1, -0.05) is 0 Å². The second-order valence-corrected chi connectivity index (χ2v) is 7.33. The minimum atomic E-state index is -3.47. The Morgan fingerprint density at radius 2 is 2.10 bits per heavy atom. The van der Waals surface area contributed by atoms with Crippen LogP contribution in [-0.4, -0.2) is 28.7 Å². The number of anilines is 1. The number of nitrogens with one attached hydrogen (secondary N) is 1. The lowest BCUT2D eigenvalue weighted by Gasteiger charge is -2.16. The topological polar surface area (TPSA) is 81.4 Å². The Balaban J connectivity index is 2.04. The summed E-state index contributed by atoms with van der Waals surface area (Å²) in [4.78, 5) is 0.300. The van der Waals surface area contributed by atoms with Crippen LogP contribution in [0, 0.1) is 12.3 Å². The molecule has 1 aromatic rings. The Morgan fingerprint density at radius 1 is 1.40 bits per heavy atom. The van der Waals surface area contributed by atoms with E-state index in [0.717, 1.165) is 19.3 Å². The van der Waals surface area contributed by atoms with Crippen LogP contribution in [0.4, 0.5) is 5.69 Å². The number of methoxy groups -OCH3 is 1. The predicted molar refractivity (Wildman–Crippen MR) is 78.9 cm³/mol. The fourth-order valence-electron chi connectivity index (χ4n) is 2.31. The molecule has 0 radical (unpaired) electrons. The third-order valence-electron chi connectivity index (χ3n) is 3.92. The van der Waals surface area contributed by atoms with Gasteiger partial charge in [0.15, 0.2) is 0 Å². The molecule has 1 aromatic carbocycles. The monoisotopic (exact) mass is 298 g/mol. The van der Waals surface area contributed by atoms with Crippen molar-refractivity contribution in [1.29, 1.82) is 0 Å². The van der Waals surface area contributed by atoms with Crippen molar-refractivity contribution in [2.45, 2.75) is 31.1 Å². The molecule has 112 valence electrons. The Morgan fingerprint density at radius 3 is 2.65 bits per heavy atom. The first kappa shape index (κ1) is 15.3. The van der Waals surface area contributed by atoms with Gasteiger partial charge in [-0.25, -0.2) is 13.1 Å². The minimum absolute atomic E-state index is 0.0881. The van der Waals surface area contributed by atoms with E-state index in [1.807, 2.05) is 0 Å². The van der Waals surface area contributed by atoms with E-state index < -0.39 is 10.0 Å². The summed E-state index contributed by atoms with van der Waals surface area (Å²) in [6.45, 7) is 2.90. The van der Waals surface area contributed by atoms with E-state index in [2.05, 4.69) is 4.72 Å². The highest BCUT2D eigenvalue weighted by Gasteiger charge is 2.42. The number of nitrogens with two attached hydrogens (primary N) is 1. The van der Waals surface area contributed by atoms with Crippen molar-refractivity contribution in [2.24, 2.45) is 5.41 Å². The number of sulfonamides is 1. The lowest BCUT2D eigenvalue weighted by atomic mass is 10.0. The van der Waals surface area contributed by atoms with Crippen molar-refractivity contribution in [3.63, 3.8) is 0 Å². The molecule has 0 aromatic heterocycles. The molecule has 5 nitrogen and oxygen atoms in total. The largest absolute Gasteiger partial charge is 0.399 e. The molecule has 0 heterocycles. The quantitative estimate of drug-likeness (QED) is 0.750. The van der Waals surface area contributed by atoms with Gasteiger partial charge in [0.1, 0.15) is 0 Å². The molecule has 6 heteroatoms. The minimum Gasteiger partial charge on any atom is -0.399 e. The zero-order valence-corrected chi connectivity index (χ0v) is 12.8. The zero-order valence-electron chi connectivity index (χ0n) is 12.0. The van der Waals surface area contributed by atoms with Crippen LogP contribution in [0.1, 0.15) is 24.8 Å². The maximum absolute atomic E-state index is 12.3. The first-order valence-electron chi connectivity index (χ1n) is 6.73. The molecule has 2 rings (SSSR count). The van der Waals surface area contributed by atoms with E-state index in [0.29, 0.717) is 29.3 Å². The second-order valence-electron chi connectivity index (χ2n) is 5.59. The third-order valence-corrected chi connectivity index (χ3v) is 5.48. The van der Waals surface area contributed by atoms with Crippen LogP contribution in [0.5, 0.6) is 0 Å². The van der Waals surface area contributed by atoms with Crippen molar-refractivity contribution in [3.8, 4) is 0 Å². The van der Waals surface area contributed by atoms with Gasteiger partial charge in [-0.3, -0.25) is 0 Å². The number of hydrogen-bond acceptors (Lipinski definition) is 4. The zero-order chi connectivity index (χ0) is 14.8. The van der Waals surface area contributed by atoms with Gasteiger partial charge in [-0.05, 0) is 55.4 Å². The van der Waals surface area contributed by atoms with Crippen LogP contribution >= 0.6 is 0 Å². The smallest absolute Gasteiger partial charge is 0.240 e. The summed E-state index contributed by atoms with van der Waals surface area (Å²) in [6.07, 6.45) is 3.01. The van der Waals surface area contributed by atoms with Gasteiger partial charge in [0, 0.05) is 25.9 Å². The van der Waals surface area contributed by atoms with E-state index in [-0.39, 0.29) is 5.41 Å². The lowest BCUT2D eigenvalue weighted by molar-refractivity contribution is 0.173. The van der Waals surface area contributed by atoms with Gasteiger partial charge in [-0.15, -0.1) is 0 Å². The highest BCUT2D eigenvalue weighted by atomic mass is 32.2. The first-order chi connectivity index (χ1) is 9.38. The molecule has 1 aliphatic rings. The van der Waals surface area contributed by atoms with Crippen LogP contribution in [0.3, 0.4) is 0 Å². The predicted octanol–water partition coefficient (Wildman–Crippen LogP) is 1.67. The van der Waals surface area contributed by atoms with Crippen molar-refractivity contribution in [2.75, 3.05) is 26.0 Å². The Bertz CT molecular complexity index is 580. The fraction of sp³-hybridized carbons (Fsp3) is 0.571. The third kappa shape index (κ3) is 3.50. The summed E-state index contributed by atoms with van der Waals surface area (Å²) in [6, 6.07) is 4.84. The number of nitrogen functional groups attached to an aromatic ring is 1. The Kier molecular flexibility index (Phi) is 4.36. The van der Waals surface area contributed by atoms with Crippen LogP contribution in [0.25, 0.3) is 0 Å². The summed E-state index contributed by atoms with van der Waals surface area (Å²) >= 11 is 0. The molecule has 0 saturated heterocycles. The van der Waals surface area contributed by atoms with E-state index in [1.54, 1.807) is 32.2 Å². The standard InChI is InChI=1S/C14H22N2O3S/c1-11-9-12(15)3-4-13(11)20(17,18)16-10-14(5-6-14)7-8-19-2/h3-4,9,16H,5-8,10,15H2,1-2H3. The van der Waals surface area contributed by atoms with Gasteiger partial charge >= 0.3 is 0 Å². The SMILES string of the molecule is COCCC1(CNS(=O)(=O)c2ccc(N)cc2C)CC1. The van der Waals surface area contributed by atoms with E-state index in [9.17, 15) is 8.42 Å². The second kappa shape index (κ2) is 5.71. The molecule has 0 bridgehead atoms. The Hall–Kier alpha value is -1.11. The van der Waals surface area contributed by atoms with Crippen LogP contribution < -0.4 is 10.5 Å². The van der Waals surface area contributed by atoms with E-state index >= 15 is 0 Å². The van der Waals surface area contributed by atoms with Gasteiger partial charge in [-0.2, -0.15) is 0 Å². The van der Waals surface area contributed by atoms with Gasteiger partial charge < -0.3 is 10.5 Å². The number of aryl methyl sites for hydroxylation is 1. The summed E-state index contributed by atoms with van der Waals surface area (Å²) in [5.41, 5.74) is 6.97. The molecule has 1 aliphatic carbocycles. The molecule has 1 fully saturated rings. The van der Waals surface area contributed by atoms with Crippen LogP contribution in [0.2, 0.25) is 0 Å². The van der Waals surface area contributed by atoms with Gasteiger partial charge in [0.2, 0.25) is 10.0 Å². The summed E-state index contributed by atoms with van der Waals surface area (Å²) in [7, 11) is -1.81.